The van der Waals surface area contributed by atoms with Gasteiger partial charge in [0.05, 0.1) is 11.9 Å². The van der Waals surface area contributed by atoms with E-state index < -0.39 is 22.0 Å². The van der Waals surface area contributed by atoms with Gasteiger partial charge in [0.25, 0.3) is 0 Å². The zero-order valence-corrected chi connectivity index (χ0v) is 18.6. The minimum atomic E-state index is -3.71. The Morgan fingerprint density at radius 2 is 1.63 bits per heavy atom. The van der Waals surface area contributed by atoms with Crippen molar-refractivity contribution in [2.45, 2.75) is 32.9 Å². The molecule has 0 bridgehead atoms. The molecule has 0 aromatic heterocycles. The van der Waals surface area contributed by atoms with Crippen molar-refractivity contribution in [3.8, 4) is 0 Å². The average Bonchev–Trinajstić information content (AvgIpc) is 2.72. The zero-order chi connectivity index (χ0) is 22.3. The molecule has 7 nitrogen and oxygen atoms in total. The summed E-state index contributed by atoms with van der Waals surface area (Å²) in [5.41, 5.74) is 2.04. The third-order valence-electron chi connectivity index (χ3n) is 4.89. The van der Waals surface area contributed by atoms with E-state index in [9.17, 15) is 18.0 Å². The molecular formula is C22H29N3O4S. The van der Waals surface area contributed by atoms with E-state index in [4.69, 9.17) is 0 Å². The van der Waals surface area contributed by atoms with Crippen LogP contribution in [0, 0.1) is 6.92 Å². The summed E-state index contributed by atoms with van der Waals surface area (Å²) in [4.78, 5) is 27.2. The number of nitrogens with one attached hydrogen (secondary N) is 1. The van der Waals surface area contributed by atoms with Crippen molar-refractivity contribution < 1.29 is 18.0 Å². The number of para-hydroxylation sites is 1. The van der Waals surface area contributed by atoms with Gasteiger partial charge < -0.3 is 10.2 Å². The summed E-state index contributed by atoms with van der Waals surface area (Å²) in [7, 11) is -2.19. The number of likely N-dealkylation sites (N-methyl/N-ethyl adjacent to an activating group) is 1. The smallest absolute Gasteiger partial charge is 0.244 e. The molecule has 2 rings (SSSR count). The lowest BCUT2D eigenvalue weighted by Gasteiger charge is -2.32. The maximum Gasteiger partial charge on any atom is 0.244 e. The summed E-state index contributed by atoms with van der Waals surface area (Å²) >= 11 is 0. The van der Waals surface area contributed by atoms with E-state index in [1.165, 1.54) is 11.9 Å². The number of nitrogens with zero attached hydrogens (tertiary/aromatic N) is 2. The van der Waals surface area contributed by atoms with Crippen molar-refractivity contribution in [3.05, 3.63) is 65.7 Å². The van der Waals surface area contributed by atoms with Crippen LogP contribution in [-0.2, 0) is 26.2 Å². The summed E-state index contributed by atoms with van der Waals surface area (Å²) < 4.78 is 26.1. The van der Waals surface area contributed by atoms with Gasteiger partial charge in [0.2, 0.25) is 21.8 Å². The Balaban J connectivity index is 2.42. The van der Waals surface area contributed by atoms with Gasteiger partial charge in [-0.2, -0.15) is 0 Å². The molecule has 8 heteroatoms. The number of amides is 2. The van der Waals surface area contributed by atoms with E-state index in [0.29, 0.717) is 12.1 Å². The van der Waals surface area contributed by atoms with E-state index >= 15 is 0 Å². The van der Waals surface area contributed by atoms with Crippen LogP contribution in [0.25, 0.3) is 0 Å². The number of sulfonamides is 1. The quantitative estimate of drug-likeness (QED) is 0.660. The Labute approximate surface area is 178 Å². The van der Waals surface area contributed by atoms with Gasteiger partial charge in [-0.25, -0.2) is 8.42 Å². The van der Waals surface area contributed by atoms with E-state index in [1.54, 1.807) is 25.1 Å². The lowest BCUT2D eigenvalue weighted by molar-refractivity contribution is -0.140. The summed E-state index contributed by atoms with van der Waals surface area (Å²) in [6.45, 7) is 3.43. The van der Waals surface area contributed by atoms with E-state index in [-0.39, 0.29) is 19.0 Å². The molecule has 0 radical (unpaired) electrons. The number of carbonyl (C=O) groups is 2. The molecule has 1 N–H and O–H groups in total. The molecule has 0 fully saturated rings. The minimum Gasteiger partial charge on any atom is -0.357 e. The van der Waals surface area contributed by atoms with Gasteiger partial charge in [-0.15, -0.1) is 0 Å². The van der Waals surface area contributed by atoms with E-state index in [2.05, 4.69) is 5.32 Å². The van der Waals surface area contributed by atoms with Gasteiger partial charge in [0.15, 0.2) is 0 Å². The number of hydrogen-bond acceptors (Lipinski definition) is 4. The standard InChI is InChI=1S/C22H29N3O4S/c1-5-19(22(27)23-3)24(15-18-12-7-6-8-13-18)21(26)16-25(30(4,28)29)20-14-10-9-11-17(20)2/h6-14,19H,5,15-16H2,1-4H3,(H,23,27)/t19-/m0/s1. The Hall–Kier alpha value is -2.87. The van der Waals surface area contributed by atoms with Gasteiger partial charge in [0.1, 0.15) is 12.6 Å². The molecule has 2 aromatic carbocycles. The fourth-order valence-electron chi connectivity index (χ4n) is 3.30. The first-order valence-corrected chi connectivity index (χ1v) is 11.6. The summed E-state index contributed by atoms with van der Waals surface area (Å²) in [6.07, 6.45) is 1.48. The molecule has 0 saturated heterocycles. The predicted octanol–water partition coefficient (Wildman–Crippen LogP) is 2.31. The number of rotatable bonds is 9. The Bertz CT molecular complexity index is 977. The summed E-state index contributed by atoms with van der Waals surface area (Å²) in [5, 5.41) is 2.60. The molecule has 162 valence electrons. The Morgan fingerprint density at radius 3 is 2.17 bits per heavy atom. The summed E-state index contributed by atoms with van der Waals surface area (Å²) in [6, 6.07) is 15.6. The fraction of sp³-hybridized carbons (Fsp3) is 0.364. The van der Waals surface area contributed by atoms with Gasteiger partial charge >= 0.3 is 0 Å². The topological polar surface area (TPSA) is 86.8 Å². The van der Waals surface area contributed by atoms with Crippen LogP contribution in [0.2, 0.25) is 0 Å². The van der Waals surface area contributed by atoms with Crippen molar-refractivity contribution in [2.24, 2.45) is 0 Å². The van der Waals surface area contributed by atoms with Crippen LogP contribution in [0.4, 0.5) is 5.69 Å². The number of anilines is 1. The largest absolute Gasteiger partial charge is 0.357 e. The van der Waals surface area contributed by atoms with Gasteiger partial charge in [-0.05, 0) is 30.5 Å². The molecule has 0 aliphatic rings. The molecule has 1 atom stereocenters. The third-order valence-corrected chi connectivity index (χ3v) is 6.02. The second-order valence-electron chi connectivity index (χ2n) is 7.10. The van der Waals surface area contributed by atoms with Crippen molar-refractivity contribution in [3.63, 3.8) is 0 Å². The number of hydrogen-bond donors (Lipinski definition) is 1. The number of benzene rings is 2. The van der Waals surface area contributed by atoms with Crippen molar-refractivity contribution in [1.29, 1.82) is 0 Å². The maximum atomic E-state index is 13.3. The van der Waals surface area contributed by atoms with Gasteiger partial charge in [-0.3, -0.25) is 13.9 Å². The Kier molecular flexibility index (Phi) is 8.00. The van der Waals surface area contributed by atoms with Crippen LogP contribution in [0.3, 0.4) is 0 Å². The lowest BCUT2D eigenvalue weighted by atomic mass is 10.1. The molecule has 2 aromatic rings. The van der Waals surface area contributed by atoms with Crippen LogP contribution < -0.4 is 9.62 Å². The second-order valence-corrected chi connectivity index (χ2v) is 9.01. The first kappa shape index (κ1) is 23.4. The van der Waals surface area contributed by atoms with E-state index in [1.807, 2.05) is 43.3 Å². The van der Waals surface area contributed by atoms with Crippen molar-refractivity contribution in [1.82, 2.24) is 10.2 Å². The molecule has 0 unspecified atom stereocenters. The molecule has 0 spiro atoms. The molecule has 2 amide bonds. The normalized spacial score (nSPS) is 12.1. The molecule has 30 heavy (non-hydrogen) atoms. The highest BCUT2D eigenvalue weighted by atomic mass is 32.2. The highest BCUT2D eigenvalue weighted by Crippen LogP contribution is 2.23. The van der Waals surface area contributed by atoms with Crippen LogP contribution >= 0.6 is 0 Å². The Morgan fingerprint density at radius 1 is 1.03 bits per heavy atom. The van der Waals surface area contributed by atoms with Crippen molar-refractivity contribution >= 4 is 27.5 Å². The SMILES string of the molecule is CC[C@@H](C(=O)NC)N(Cc1ccccc1)C(=O)CN(c1ccccc1C)S(C)(=O)=O. The third kappa shape index (κ3) is 5.82. The van der Waals surface area contributed by atoms with Crippen LogP contribution in [0.1, 0.15) is 24.5 Å². The molecule has 0 heterocycles. The van der Waals surface area contributed by atoms with Gasteiger partial charge in [-0.1, -0.05) is 55.5 Å². The highest BCUT2D eigenvalue weighted by molar-refractivity contribution is 7.92. The van der Waals surface area contributed by atoms with Crippen molar-refractivity contribution in [2.75, 3.05) is 24.2 Å². The summed E-state index contributed by atoms with van der Waals surface area (Å²) in [5.74, 6) is -0.730. The average molecular weight is 432 g/mol. The second kappa shape index (κ2) is 10.2. The van der Waals surface area contributed by atoms with Crippen LogP contribution in [-0.4, -0.2) is 51.0 Å². The monoisotopic (exact) mass is 431 g/mol. The molecular weight excluding hydrogens is 402 g/mol. The first-order valence-electron chi connectivity index (χ1n) is 9.77. The minimum absolute atomic E-state index is 0.205. The molecule has 0 aliphatic heterocycles. The first-order chi connectivity index (χ1) is 14.2. The van der Waals surface area contributed by atoms with Gasteiger partial charge in [0, 0.05) is 13.6 Å². The van der Waals surface area contributed by atoms with Crippen LogP contribution in [0.15, 0.2) is 54.6 Å². The lowest BCUT2D eigenvalue weighted by Crippen LogP contribution is -2.51. The predicted molar refractivity (Wildman–Crippen MR) is 119 cm³/mol. The number of carbonyl (C=O) groups excluding carboxylic acids is 2. The molecule has 0 aliphatic carbocycles. The van der Waals surface area contributed by atoms with E-state index in [0.717, 1.165) is 21.7 Å². The maximum absolute atomic E-state index is 13.3. The fourth-order valence-corrected chi connectivity index (χ4v) is 4.21. The molecule has 0 saturated carbocycles. The zero-order valence-electron chi connectivity index (χ0n) is 17.8. The number of aryl methyl sites for hydroxylation is 1. The van der Waals surface area contributed by atoms with Crippen LogP contribution in [0.5, 0.6) is 0 Å². The highest BCUT2D eigenvalue weighted by Gasteiger charge is 2.31.